The summed E-state index contributed by atoms with van der Waals surface area (Å²) in [6.07, 6.45) is 20.4. The van der Waals surface area contributed by atoms with E-state index in [1.807, 2.05) is 24.0 Å². The summed E-state index contributed by atoms with van der Waals surface area (Å²) in [5.74, 6) is -0.553. The van der Waals surface area contributed by atoms with Crippen molar-refractivity contribution in [3.8, 4) is 11.5 Å². The fourth-order valence-electron chi connectivity index (χ4n) is 9.54. The van der Waals surface area contributed by atoms with E-state index in [0.717, 1.165) is 68.2 Å². The lowest BCUT2D eigenvalue weighted by atomic mass is 9.55. The Morgan fingerprint density at radius 1 is 0.965 bits per heavy atom. The number of hydrogen-bond acceptors (Lipinski definition) is 9. The Morgan fingerprint density at radius 2 is 1.67 bits per heavy atom. The molecule has 1 aromatic carbocycles. The van der Waals surface area contributed by atoms with Gasteiger partial charge in [0.05, 0.1) is 18.2 Å². The van der Waals surface area contributed by atoms with E-state index in [2.05, 4.69) is 37.0 Å². The van der Waals surface area contributed by atoms with E-state index in [1.165, 1.54) is 38.5 Å². The number of carbonyl (C=O) groups excluding carboxylic acids is 2. The van der Waals surface area contributed by atoms with Gasteiger partial charge in [-0.05, 0) is 81.1 Å². The molecule has 0 saturated heterocycles. The zero-order valence-corrected chi connectivity index (χ0v) is 35.5. The summed E-state index contributed by atoms with van der Waals surface area (Å²) in [5.41, 5.74) is 2.67. The van der Waals surface area contributed by atoms with Crippen LogP contribution in [0.2, 0.25) is 0 Å². The van der Waals surface area contributed by atoms with Gasteiger partial charge in [0, 0.05) is 50.6 Å². The van der Waals surface area contributed by atoms with Crippen LogP contribution in [-0.4, -0.2) is 84.7 Å². The van der Waals surface area contributed by atoms with Gasteiger partial charge >= 0.3 is 6.09 Å². The lowest BCUT2D eigenvalue weighted by Gasteiger charge is -2.60. The van der Waals surface area contributed by atoms with Gasteiger partial charge in [0.25, 0.3) is 0 Å². The van der Waals surface area contributed by atoms with E-state index in [0.29, 0.717) is 50.3 Å². The normalized spacial score (nSPS) is 24.1. The Hall–Kier alpha value is -3.41. The van der Waals surface area contributed by atoms with Crippen molar-refractivity contribution >= 4 is 17.7 Å². The molecule has 0 radical (unpaired) electrons. The number of allylic oxidation sites excluding steroid dienone is 1. The maximum Gasteiger partial charge on any atom is 0.412 e. The first-order valence-electron chi connectivity index (χ1n) is 22.2. The van der Waals surface area contributed by atoms with Gasteiger partial charge < -0.3 is 39.5 Å². The molecule has 11 nitrogen and oxygen atoms in total. The molecular weight excluding hydrogens is 723 g/mol. The number of hydrogen-bond donors (Lipinski definition) is 3. The average molecular weight is 796 g/mol. The number of benzene rings is 1. The molecule has 6 unspecified atom stereocenters. The summed E-state index contributed by atoms with van der Waals surface area (Å²) < 4.78 is 20.1. The van der Waals surface area contributed by atoms with E-state index in [1.54, 1.807) is 19.3 Å². The molecule has 320 valence electrons. The molecule has 1 saturated carbocycles. The second-order valence-corrected chi connectivity index (χ2v) is 16.0. The minimum absolute atomic E-state index is 0.0814. The third kappa shape index (κ3) is 12.1. The fraction of sp³-hybridized carbons (Fsp3) is 0.717. The minimum atomic E-state index is -1.29. The van der Waals surface area contributed by atoms with Crippen molar-refractivity contribution in [2.75, 3.05) is 40.0 Å². The number of aliphatic hydroxyl groups excluding tert-OH is 2. The summed E-state index contributed by atoms with van der Waals surface area (Å²) in [7, 11) is 1.56. The predicted octanol–water partition coefficient (Wildman–Crippen LogP) is 9.22. The molecule has 1 fully saturated rings. The SMILES string of the molecule is C=CCOC12Oc3ccc(OC(=O)NCC)cc3C3C(CCCCO)C(CCCCO)C=C(C(=NOC)CC1N(CCC)C(=O)CCCCCCCCCCC)C32. The molecule has 1 aromatic rings. The fourth-order valence-corrected chi connectivity index (χ4v) is 9.54. The molecule has 2 amide bonds. The van der Waals surface area contributed by atoms with Gasteiger partial charge in [0.15, 0.2) is 0 Å². The van der Waals surface area contributed by atoms with Crippen LogP contribution in [0.15, 0.2) is 47.7 Å². The third-order valence-electron chi connectivity index (χ3n) is 12.0. The lowest BCUT2D eigenvalue weighted by molar-refractivity contribution is -0.257. The van der Waals surface area contributed by atoms with Gasteiger partial charge in [-0.3, -0.25) is 4.79 Å². The second-order valence-electron chi connectivity index (χ2n) is 16.0. The number of oxime groups is 1. The number of nitrogens with one attached hydrogen (secondary N) is 1. The van der Waals surface area contributed by atoms with Crippen molar-refractivity contribution in [1.82, 2.24) is 10.2 Å². The molecule has 1 aliphatic heterocycles. The van der Waals surface area contributed by atoms with Crippen molar-refractivity contribution in [1.29, 1.82) is 0 Å². The highest BCUT2D eigenvalue weighted by Crippen LogP contribution is 2.62. The molecule has 1 heterocycles. The molecule has 0 aromatic heterocycles. The smallest absolute Gasteiger partial charge is 0.412 e. The van der Waals surface area contributed by atoms with E-state index < -0.39 is 23.8 Å². The Labute approximate surface area is 342 Å². The van der Waals surface area contributed by atoms with Crippen LogP contribution in [-0.2, 0) is 14.4 Å². The van der Waals surface area contributed by atoms with Crippen molar-refractivity contribution in [2.45, 2.75) is 154 Å². The monoisotopic (exact) mass is 796 g/mol. The van der Waals surface area contributed by atoms with E-state index in [-0.39, 0.29) is 43.5 Å². The number of fused-ring (bicyclic) bond motifs is 2. The van der Waals surface area contributed by atoms with Crippen LogP contribution in [0.25, 0.3) is 0 Å². The van der Waals surface area contributed by atoms with Crippen molar-refractivity contribution in [3.63, 3.8) is 0 Å². The van der Waals surface area contributed by atoms with Crippen LogP contribution in [0.5, 0.6) is 11.5 Å². The summed E-state index contributed by atoms with van der Waals surface area (Å²) in [4.78, 5) is 34.7. The number of unbranched alkanes of at least 4 members (excludes halogenated alkanes) is 10. The first-order valence-corrected chi connectivity index (χ1v) is 22.2. The number of ether oxygens (including phenoxy) is 3. The number of nitrogens with zero attached hydrogens (tertiary/aromatic N) is 2. The average Bonchev–Trinajstić information content (AvgIpc) is 3.20. The maximum absolute atomic E-state index is 14.5. The van der Waals surface area contributed by atoms with Crippen LogP contribution >= 0.6 is 0 Å². The van der Waals surface area contributed by atoms with Gasteiger partial charge in [-0.1, -0.05) is 95.4 Å². The summed E-state index contributed by atoms with van der Waals surface area (Å²) >= 11 is 0. The number of aliphatic hydroxyl groups is 2. The van der Waals surface area contributed by atoms with Gasteiger partial charge in [0.2, 0.25) is 11.7 Å². The first kappa shape index (κ1) is 46.3. The highest BCUT2D eigenvalue weighted by Gasteiger charge is 2.65. The van der Waals surface area contributed by atoms with E-state index in [9.17, 15) is 19.8 Å². The van der Waals surface area contributed by atoms with Gasteiger partial charge in [-0.15, -0.1) is 6.58 Å². The van der Waals surface area contributed by atoms with Crippen LogP contribution in [0.3, 0.4) is 0 Å². The van der Waals surface area contributed by atoms with Crippen LogP contribution < -0.4 is 14.8 Å². The van der Waals surface area contributed by atoms with E-state index in [4.69, 9.17) is 19.0 Å². The number of rotatable bonds is 27. The quantitative estimate of drug-likeness (QED) is 0.0455. The van der Waals surface area contributed by atoms with Crippen LogP contribution in [0.4, 0.5) is 4.79 Å². The zero-order chi connectivity index (χ0) is 41.0. The molecular formula is C46H73N3O8. The third-order valence-corrected chi connectivity index (χ3v) is 12.0. The van der Waals surface area contributed by atoms with Gasteiger partial charge in [0.1, 0.15) is 24.7 Å². The van der Waals surface area contributed by atoms with Crippen LogP contribution in [0.1, 0.15) is 148 Å². The molecule has 3 N–H and O–H groups in total. The first-order chi connectivity index (χ1) is 27.8. The molecule has 3 aliphatic rings. The maximum atomic E-state index is 14.5. The summed E-state index contributed by atoms with van der Waals surface area (Å²) in [5, 5.41) is 27.0. The van der Waals surface area contributed by atoms with Crippen molar-refractivity contribution < 1.29 is 38.9 Å². The molecule has 4 rings (SSSR count). The standard InChI is InChI=1S/C46H73N3O8/c1-6-10-11-12-13-14-15-16-17-24-42(52)49(27-7-2)41-33-39(48-54-5)37-31-34(22-18-20-28-50)36(23-19-21-29-51)43-38-32-35(56-45(53)47-9-4)25-26-40(38)57-46(41,44(37)43)55-30-8-3/h8,25-26,31-32,34,36,41,43-44,50-51H,3,6-7,9-24,27-30,33H2,1-2,4-5H3,(H,47,53). The molecule has 2 aliphatic carbocycles. The number of amides is 2. The van der Waals surface area contributed by atoms with Gasteiger partial charge in [-0.2, -0.15) is 0 Å². The lowest BCUT2D eigenvalue weighted by Crippen LogP contribution is -2.70. The molecule has 57 heavy (non-hydrogen) atoms. The van der Waals surface area contributed by atoms with Crippen LogP contribution in [0, 0.1) is 17.8 Å². The Kier molecular flexibility index (Phi) is 19.9. The summed E-state index contributed by atoms with van der Waals surface area (Å²) in [6, 6.07) is 5.02. The predicted molar refractivity (Wildman–Crippen MR) is 226 cm³/mol. The second kappa shape index (κ2) is 24.5. The number of carbonyl (C=O) groups is 2. The Morgan fingerprint density at radius 3 is 2.32 bits per heavy atom. The molecule has 11 heteroatoms. The molecule has 0 bridgehead atoms. The van der Waals surface area contributed by atoms with Gasteiger partial charge in [-0.25, -0.2) is 4.79 Å². The molecule has 0 spiro atoms. The van der Waals surface area contributed by atoms with Crippen molar-refractivity contribution in [3.05, 3.63) is 48.1 Å². The Bertz CT molecular complexity index is 1460. The van der Waals surface area contributed by atoms with Crippen molar-refractivity contribution in [2.24, 2.45) is 22.9 Å². The molecule has 6 atom stereocenters. The largest absolute Gasteiger partial charge is 0.459 e. The topological polar surface area (TPSA) is 139 Å². The van der Waals surface area contributed by atoms with E-state index >= 15 is 0 Å². The zero-order valence-electron chi connectivity index (χ0n) is 35.5. The Balaban J connectivity index is 1.84. The minimum Gasteiger partial charge on any atom is -0.459 e. The highest BCUT2D eigenvalue weighted by molar-refractivity contribution is 6.03. The summed E-state index contributed by atoms with van der Waals surface area (Å²) in [6.45, 7) is 11.6. The highest BCUT2D eigenvalue weighted by atomic mass is 16.7.